The molecule has 0 saturated heterocycles. The van der Waals surface area contributed by atoms with Gasteiger partial charge in [0.1, 0.15) is 0 Å². The van der Waals surface area contributed by atoms with Crippen LogP contribution < -0.4 is 5.73 Å². The Hall–Kier alpha value is -0.340. The van der Waals surface area contributed by atoms with Crippen molar-refractivity contribution in [3.05, 3.63) is 34.3 Å². The Morgan fingerprint density at radius 1 is 1.40 bits per heavy atom. The highest BCUT2D eigenvalue weighted by atomic mass is 79.9. The molecule has 2 unspecified atom stereocenters. The van der Waals surface area contributed by atoms with Crippen molar-refractivity contribution in [1.82, 2.24) is 0 Å². The molecule has 2 N–H and O–H groups in total. The van der Waals surface area contributed by atoms with E-state index in [-0.39, 0.29) is 5.54 Å². The van der Waals surface area contributed by atoms with E-state index >= 15 is 0 Å². The average molecular weight is 268 g/mol. The van der Waals surface area contributed by atoms with Crippen molar-refractivity contribution in [3.8, 4) is 0 Å². The van der Waals surface area contributed by atoms with Gasteiger partial charge < -0.3 is 5.73 Å². The smallest absolute Gasteiger partial charge is 0.0442 e. The van der Waals surface area contributed by atoms with Gasteiger partial charge in [0.2, 0.25) is 0 Å². The maximum atomic E-state index is 6.40. The predicted octanol–water partition coefficient (Wildman–Crippen LogP) is 3.67. The number of hydrogen-bond donors (Lipinski definition) is 1. The standard InChI is InChI=1S/C13H18BrN/c1-9(2)7-11-8-13(11,15)10-3-5-12(14)6-4-10/h3-6,9,11H,7-8,15H2,1-2H3. The molecule has 2 atom stereocenters. The van der Waals surface area contributed by atoms with E-state index in [4.69, 9.17) is 5.73 Å². The molecular formula is C13H18BrN. The molecule has 0 amide bonds. The van der Waals surface area contributed by atoms with Gasteiger partial charge in [-0.2, -0.15) is 0 Å². The van der Waals surface area contributed by atoms with Crippen molar-refractivity contribution in [2.45, 2.75) is 32.2 Å². The second kappa shape index (κ2) is 3.91. The highest BCUT2D eigenvalue weighted by Gasteiger charge is 2.51. The summed E-state index contributed by atoms with van der Waals surface area (Å²) < 4.78 is 1.12. The fourth-order valence-electron chi connectivity index (χ4n) is 2.33. The fourth-order valence-corrected chi connectivity index (χ4v) is 2.59. The summed E-state index contributed by atoms with van der Waals surface area (Å²) in [5, 5.41) is 0. The Morgan fingerprint density at radius 2 is 2.00 bits per heavy atom. The predicted molar refractivity (Wildman–Crippen MR) is 67.6 cm³/mol. The lowest BCUT2D eigenvalue weighted by Crippen LogP contribution is -2.22. The minimum atomic E-state index is -0.0367. The first-order valence-electron chi connectivity index (χ1n) is 5.57. The van der Waals surface area contributed by atoms with E-state index < -0.39 is 0 Å². The van der Waals surface area contributed by atoms with E-state index in [9.17, 15) is 0 Å². The van der Waals surface area contributed by atoms with E-state index in [0.717, 1.165) is 16.8 Å². The maximum Gasteiger partial charge on any atom is 0.0442 e. The zero-order chi connectivity index (χ0) is 11.1. The summed E-state index contributed by atoms with van der Waals surface area (Å²) in [6, 6.07) is 8.44. The Kier molecular flexibility index (Phi) is 2.91. The molecule has 0 aromatic heterocycles. The monoisotopic (exact) mass is 267 g/mol. The van der Waals surface area contributed by atoms with Crippen LogP contribution in [0.1, 0.15) is 32.3 Å². The quantitative estimate of drug-likeness (QED) is 0.889. The molecule has 1 aromatic carbocycles. The lowest BCUT2D eigenvalue weighted by molar-refractivity contribution is 0.491. The zero-order valence-electron chi connectivity index (χ0n) is 9.33. The molecular weight excluding hydrogens is 250 g/mol. The second-order valence-electron chi connectivity index (χ2n) is 5.08. The van der Waals surface area contributed by atoms with Gasteiger partial charge in [0.15, 0.2) is 0 Å². The summed E-state index contributed by atoms with van der Waals surface area (Å²) in [5.41, 5.74) is 7.65. The molecule has 82 valence electrons. The molecule has 0 bridgehead atoms. The van der Waals surface area contributed by atoms with Crippen LogP contribution in [0.3, 0.4) is 0 Å². The first-order chi connectivity index (χ1) is 7.02. The SMILES string of the molecule is CC(C)CC1CC1(N)c1ccc(Br)cc1. The molecule has 0 spiro atoms. The molecule has 0 radical (unpaired) electrons. The third kappa shape index (κ3) is 2.26. The van der Waals surface area contributed by atoms with Crippen LogP contribution in [0.4, 0.5) is 0 Å². The van der Waals surface area contributed by atoms with Gasteiger partial charge in [-0.05, 0) is 42.4 Å². The minimum Gasteiger partial charge on any atom is -0.321 e. The van der Waals surface area contributed by atoms with E-state index in [1.807, 2.05) is 0 Å². The first kappa shape index (κ1) is 11.2. The average Bonchev–Trinajstić information content (AvgIpc) is 2.78. The molecule has 0 heterocycles. The van der Waals surface area contributed by atoms with Gasteiger partial charge in [0.25, 0.3) is 0 Å². The van der Waals surface area contributed by atoms with Crippen LogP contribution in [0.25, 0.3) is 0 Å². The van der Waals surface area contributed by atoms with Crippen molar-refractivity contribution in [3.63, 3.8) is 0 Å². The van der Waals surface area contributed by atoms with Crippen LogP contribution in [-0.4, -0.2) is 0 Å². The lowest BCUT2D eigenvalue weighted by Gasteiger charge is -2.13. The topological polar surface area (TPSA) is 26.0 Å². The molecule has 1 aliphatic rings. The van der Waals surface area contributed by atoms with Crippen molar-refractivity contribution in [2.24, 2.45) is 17.6 Å². The van der Waals surface area contributed by atoms with Crippen molar-refractivity contribution in [2.75, 3.05) is 0 Å². The summed E-state index contributed by atoms with van der Waals surface area (Å²) in [4.78, 5) is 0. The van der Waals surface area contributed by atoms with E-state index in [2.05, 4.69) is 54.0 Å². The third-order valence-electron chi connectivity index (χ3n) is 3.29. The maximum absolute atomic E-state index is 6.40. The zero-order valence-corrected chi connectivity index (χ0v) is 10.9. The molecule has 1 fully saturated rings. The number of benzene rings is 1. The van der Waals surface area contributed by atoms with Crippen LogP contribution >= 0.6 is 15.9 Å². The van der Waals surface area contributed by atoms with Crippen molar-refractivity contribution in [1.29, 1.82) is 0 Å². The second-order valence-corrected chi connectivity index (χ2v) is 5.99. The minimum absolute atomic E-state index is 0.0367. The van der Waals surface area contributed by atoms with Crippen LogP contribution in [0.15, 0.2) is 28.7 Å². The van der Waals surface area contributed by atoms with Gasteiger partial charge in [0.05, 0.1) is 0 Å². The van der Waals surface area contributed by atoms with Crippen molar-refractivity contribution >= 4 is 15.9 Å². The number of rotatable bonds is 3. The summed E-state index contributed by atoms with van der Waals surface area (Å²) in [7, 11) is 0. The Labute approximate surface area is 100 Å². The van der Waals surface area contributed by atoms with Crippen LogP contribution in [0, 0.1) is 11.8 Å². The molecule has 1 nitrogen and oxygen atoms in total. The van der Waals surface area contributed by atoms with Gasteiger partial charge in [0, 0.05) is 10.0 Å². The lowest BCUT2D eigenvalue weighted by atomic mass is 9.98. The highest BCUT2D eigenvalue weighted by Crippen LogP contribution is 2.52. The van der Waals surface area contributed by atoms with Gasteiger partial charge >= 0.3 is 0 Å². The highest BCUT2D eigenvalue weighted by molar-refractivity contribution is 9.10. The van der Waals surface area contributed by atoms with Gasteiger partial charge in [-0.3, -0.25) is 0 Å². The molecule has 15 heavy (non-hydrogen) atoms. The van der Waals surface area contributed by atoms with Gasteiger partial charge in [-0.25, -0.2) is 0 Å². The Balaban J connectivity index is 2.09. The number of hydrogen-bond acceptors (Lipinski definition) is 1. The van der Waals surface area contributed by atoms with Crippen LogP contribution in [0.2, 0.25) is 0 Å². The molecule has 2 rings (SSSR count). The van der Waals surface area contributed by atoms with Crippen LogP contribution in [0.5, 0.6) is 0 Å². The third-order valence-corrected chi connectivity index (χ3v) is 3.82. The Morgan fingerprint density at radius 3 is 2.53 bits per heavy atom. The summed E-state index contributed by atoms with van der Waals surface area (Å²) in [5.74, 6) is 1.43. The van der Waals surface area contributed by atoms with Crippen molar-refractivity contribution < 1.29 is 0 Å². The van der Waals surface area contributed by atoms with E-state index in [1.54, 1.807) is 0 Å². The summed E-state index contributed by atoms with van der Waals surface area (Å²) in [6.07, 6.45) is 2.39. The number of nitrogens with two attached hydrogens (primary N) is 1. The molecule has 1 saturated carbocycles. The molecule has 1 aromatic rings. The van der Waals surface area contributed by atoms with Gasteiger partial charge in [-0.1, -0.05) is 41.9 Å². The first-order valence-corrected chi connectivity index (χ1v) is 6.36. The Bertz CT molecular complexity index is 344. The largest absolute Gasteiger partial charge is 0.321 e. The van der Waals surface area contributed by atoms with E-state index in [1.165, 1.54) is 12.0 Å². The summed E-state index contributed by atoms with van der Waals surface area (Å²) in [6.45, 7) is 4.53. The molecule has 2 heteroatoms. The van der Waals surface area contributed by atoms with Gasteiger partial charge in [-0.15, -0.1) is 0 Å². The van der Waals surface area contributed by atoms with Crippen LogP contribution in [-0.2, 0) is 5.54 Å². The normalized spacial score (nSPS) is 29.5. The van der Waals surface area contributed by atoms with E-state index in [0.29, 0.717) is 5.92 Å². The summed E-state index contributed by atoms with van der Waals surface area (Å²) >= 11 is 3.45. The fraction of sp³-hybridized carbons (Fsp3) is 0.538. The molecule has 0 aliphatic heterocycles. The number of halogens is 1. The molecule has 1 aliphatic carbocycles.